The molecule has 0 heterocycles. The molecule has 0 saturated heterocycles. The first-order chi connectivity index (χ1) is 6.47. The average molecular weight is 267 g/mol. The molecule has 0 aliphatic carbocycles. The third-order valence-electron chi connectivity index (χ3n) is 1.57. The maximum Gasteiger partial charge on any atom is 0.326 e. The number of amides is 1. The molecule has 5 nitrogen and oxygen atoms in total. The molecule has 0 spiro atoms. The highest BCUT2D eigenvalue weighted by Gasteiger charge is 2.20. The molecule has 0 fully saturated rings. The molecule has 0 radical (unpaired) electrons. The van der Waals surface area contributed by atoms with E-state index >= 15 is 0 Å². The summed E-state index contributed by atoms with van der Waals surface area (Å²) in [5.74, 6) is -1.11. The lowest BCUT2D eigenvalue weighted by Crippen LogP contribution is -2.44. The van der Waals surface area contributed by atoms with E-state index < -0.39 is 12.0 Å². The third kappa shape index (κ3) is 5.93. The zero-order valence-corrected chi connectivity index (χ0v) is 9.80. The van der Waals surface area contributed by atoms with E-state index in [1.54, 1.807) is 0 Å². The summed E-state index contributed by atoms with van der Waals surface area (Å²) < 4.78 is 2.47. The summed E-state index contributed by atoms with van der Waals surface area (Å²) >= 11 is 2.87. The van der Waals surface area contributed by atoms with Crippen molar-refractivity contribution in [3.63, 3.8) is 0 Å². The van der Waals surface area contributed by atoms with E-state index in [1.165, 1.54) is 0 Å². The van der Waals surface area contributed by atoms with Crippen molar-refractivity contribution in [3.05, 3.63) is 0 Å². The number of rotatable bonds is 6. The quantitative estimate of drug-likeness (QED) is 0.612. The van der Waals surface area contributed by atoms with Crippen molar-refractivity contribution < 1.29 is 14.7 Å². The number of carboxylic acid groups (broad SMARTS) is 1. The highest BCUT2D eigenvalue weighted by Crippen LogP contribution is 2.04. The Morgan fingerprint density at radius 3 is 2.36 bits per heavy atom. The molecule has 0 aromatic rings. The van der Waals surface area contributed by atoms with Crippen LogP contribution in [0.25, 0.3) is 0 Å². The molecule has 0 unspecified atom stereocenters. The van der Waals surface area contributed by atoms with Crippen LogP contribution in [0.2, 0.25) is 0 Å². The van der Waals surface area contributed by atoms with Crippen LogP contribution in [-0.4, -0.2) is 29.6 Å². The number of nitrogens with one attached hydrogen (secondary N) is 2. The van der Waals surface area contributed by atoms with E-state index in [0.29, 0.717) is 6.42 Å². The topological polar surface area (TPSA) is 78.4 Å². The van der Waals surface area contributed by atoms with Crippen molar-refractivity contribution in [2.45, 2.75) is 26.3 Å². The van der Waals surface area contributed by atoms with Gasteiger partial charge in [0.1, 0.15) is 6.04 Å². The SMILES string of the molecule is CC(C)C[C@H](NC(=O)CNBr)C(=O)O. The monoisotopic (exact) mass is 266 g/mol. The van der Waals surface area contributed by atoms with Gasteiger partial charge in [0.05, 0.1) is 6.54 Å². The molecule has 0 aliphatic heterocycles. The van der Waals surface area contributed by atoms with E-state index in [1.807, 2.05) is 13.8 Å². The van der Waals surface area contributed by atoms with Crippen LogP contribution in [-0.2, 0) is 9.59 Å². The Balaban J connectivity index is 4.09. The Labute approximate surface area is 91.6 Å². The van der Waals surface area contributed by atoms with Crippen LogP contribution in [0.4, 0.5) is 0 Å². The third-order valence-corrected chi connectivity index (χ3v) is 1.85. The molecule has 3 N–H and O–H groups in total. The van der Waals surface area contributed by atoms with Crippen molar-refractivity contribution in [3.8, 4) is 0 Å². The Bertz CT molecular complexity index is 209. The molecule has 6 heteroatoms. The van der Waals surface area contributed by atoms with Crippen molar-refractivity contribution in [2.24, 2.45) is 5.92 Å². The van der Waals surface area contributed by atoms with Gasteiger partial charge in [0.2, 0.25) is 5.91 Å². The van der Waals surface area contributed by atoms with Gasteiger partial charge in [-0.1, -0.05) is 13.8 Å². The van der Waals surface area contributed by atoms with Gasteiger partial charge in [-0.15, -0.1) is 0 Å². The van der Waals surface area contributed by atoms with Crippen LogP contribution in [0.5, 0.6) is 0 Å². The second-order valence-corrected chi connectivity index (χ2v) is 3.96. The van der Waals surface area contributed by atoms with Crippen LogP contribution < -0.4 is 9.66 Å². The number of carboxylic acids is 1. The van der Waals surface area contributed by atoms with Gasteiger partial charge in [-0.05, 0) is 12.3 Å². The zero-order chi connectivity index (χ0) is 11.1. The largest absolute Gasteiger partial charge is 0.480 e. The Kier molecular flexibility index (Phi) is 6.48. The first-order valence-electron chi connectivity index (χ1n) is 4.33. The lowest BCUT2D eigenvalue weighted by molar-refractivity contribution is -0.142. The van der Waals surface area contributed by atoms with Gasteiger partial charge < -0.3 is 10.4 Å². The van der Waals surface area contributed by atoms with E-state index in [0.717, 1.165) is 0 Å². The number of carbonyl (C=O) groups excluding carboxylic acids is 1. The average Bonchev–Trinajstić information content (AvgIpc) is 2.02. The van der Waals surface area contributed by atoms with Crippen molar-refractivity contribution in [2.75, 3.05) is 6.54 Å². The number of aliphatic carboxylic acids is 1. The van der Waals surface area contributed by atoms with Crippen LogP contribution in [0.15, 0.2) is 0 Å². The van der Waals surface area contributed by atoms with Crippen molar-refractivity contribution in [1.82, 2.24) is 9.66 Å². The molecular formula is C8H15BrN2O3. The molecule has 82 valence electrons. The van der Waals surface area contributed by atoms with Crippen LogP contribution >= 0.6 is 16.1 Å². The Morgan fingerprint density at radius 1 is 1.43 bits per heavy atom. The predicted octanol–water partition coefficient (Wildman–Crippen LogP) is 0.501. The molecule has 1 atom stereocenters. The minimum Gasteiger partial charge on any atom is -0.480 e. The fraction of sp³-hybridized carbons (Fsp3) is 0.750. The summed E-state index contributed by atoms with van der Waals surface area (Å²) in [6, 6.07) is -0.802. The number of hydrogen-bond acceptors (Lipinski definition) is 3. The van der Waals surface area contributed by atoms with Crippen LogP contribution in [0.3, 0.4) is 0 Å². The molecule has 0 aliphatic rings. The second kappa shape index (κ2) is 6.78. The standard InChI is InChI=1S/C8H15BrN2O3/c1-5(2)3-6(8(13)14)11-7(12)4-10-9/h5-6,10H,3-4H2,1-2H3,(H,11,12)(H,13,14)/t6-/m0/s1. The summed E-state index contributed by atoms with van der Waals surface area (Å²) in [7, 11) is 0. The summed E-state index contributed by atoms with van der Waals surface area (Å²) in [6.07, 6.45) is 0.434. The van der Waals surface area contributed by atoms with Crippen molar-refractivity contribution in [1.29, 1.82) is 0 Å². The lowest BCUT2D eigenvalue weighted by Gasteiger charge is -2.15. The van der Waals surface area contributed by atoms with Crippen LogP contribution in [0, 0.1) is 5.92 Å². The van der Waals surface area contributed by atoms with E-state index in [9.17, 15) is 9.59 Å². The van der Waals surface area contributed by atoms with E-state index in [-0.39, 0.29) is 18.4 Å². The molecule has 1 amide bonds. The highest BCUT2D eigenvalue weighted by molar-refractivity contribution is 9.08. The van der Waals surface area contributed by atoms with Crippen LogP contribution in [0.1, 0.15) is 20.3 Å². The summed E-state index contributed by atoms with van der Waals surface area (Å²) in [5.41, 5.74) is 0. The summed E-state index contributed by atoms with van der Waals surface area (Å²) in [4.78, 5) is 21.8. The Hall–Kier alpha value is -0.620. The molecule has 0 bridgehead atoms. The number of halogens is 1. The summed E-state index contributed by atoms with van der Waals surface area (Å²) in [6.45, 7) is 3.87. The fourth-order valence-corrected chi connectivity index (χ4v) is 1.25. The van der Waals surface area contributed by atoms with Gasteiger partial charge in [-0.2, -0.15) is 0 Å². The zero-order valence-electron chi connectivity index (χ0n) is 8.21. The molecular weight excluding hydrogens is 252 g/mol. The molecule has 0 rings (SSSR count). The lowest BCUT2D eigenvalue weighted by atomic mass is 10.0. The normalized spacial score (nSPS) is 12.6. The fourth-order valence-electron chi connectivity index (χ4n) is 0.999. The maximum atomic E-state index is 11.1. The number of hydrogen-bond donors (Lipinski definition) is 3. The minimum atomic E-state index is -0.998. The molecule has 0 aromatic carbocycles. The second-order valence-electron chi connectivity index (χ2n) is 3.40. The molecule has 0 saturated carbocycles. The predicted molar refractivity (Wildman–Crippen MR) is 56.0 cm³/mol. The van der Waals surface area contributed by atoms with Gasteiger partial charge in [-0.3, -0.25) is 4.79 Å². The van der Waals surface area contributed by atoms with Gasteiger partial charge in [0, 0.05) is 16.1 Å². The first kappa shape index (κ1) is 13.4. The first-order valence-corrected chi connectivity index (χ1v) is 5.12. The highest BCUT2D eigenvalue weighted by atomic mass is 79.9. The molecule has 14 heavy (non-hydrogen) atoms. The smallest absolute Gasteiger partial charge is 0.326 e. The van der Waals surface area contributed by atoms with Gasteiger partial charge in [-0.25, -0.2) is 9.14 Å². The van der Waals surface area contributed by atoms with Gasteiger partial charge in [0.15, 0.2) is 0 Å². The maximum absolute atomic E-state index is 11.1. The van der Waals surface area contributed by atoms with E-state index in [4.69, 9.17) is 5.11 Å². The molecule has 0 aromatic heterocycles. The number of carbonyl (C=O) groups is 2. The Morgan fingerprint density at radius 2 is 2.00 bits per heavy atom. The van der Waals surface area contributed by atoms with Gasteiger partial charge in [0.25, 0.3) is 0 Å². The van der Waals surface area contributed by atoms with Crippen molar-refractivity contribution >= 4 is 28.0 Å². The van der Waals surface area contributed by atoms with Gasteiger partial charge >= 0.3 is 5.97 Å². The minimum absolute atomic E-state index is 0.0574. The summed E-state index contributed by atoms with van der Waals surface area (Å²) in [5, 5.41) is 11.2. The van der Waals surface area contributed by atoms with E-state index in [2.05, 4.69) is 25.8 Å².